The van der Waals surface area contributed by atoms with E-state index in [-0.39, 0.29) is 6.04 Å². The summed E-state index contributed by atoms with van der Waals surface area (Å²) in [4.78, 5) is 2.45. The van der Waals surface area contributed by atoms with Crippen LogP contribution in [0.25, 0.3) is 0 Å². The van der Waals surface area contributed by atoms with Crippen molar-refractivity contribution in [1.29, 1.82) is 0 Å². The Balaban J connectivity index is 1.91. The van der Waals surface area contributed by atoms with Crippen molar-refractivity contribution in [3.8, 4) is 0 Å². The van der Waals surface area contributed by atoms with Crippen molar-refractivity contribution < 1.29 is 8.42 Å². The van der Waals surface area contributed by atoms with Gasteiger partial charge in [-0.15, -0.1) is 0 Å². The Morgan fingerprint density at radius 1 is 1.29 bits per heavy atom. The number of fused-ring (bicyclic) bond motifs is 1. The minimum absolute atomic E-state index is 0.0457. The van der Waals surface area contributed by atoms with Gasteiger partial charge in [-0.1, -0.05) is 0 Å². The van der Waals surface area contributed by atoms with Crippen molar-refractivity contribution in [2.45, 2.75) is 37.8 Å². The van der Waals surface area contributed by atoms with Crippen molar-refractivity contribution in [3.05, 3.63) is 0 Å². The van der Waals surface area contributed by atoms with Crippen LogP contribution in [0.5, 0.6) is 0 Å². The molecular formula is C8H17N3O2S. The lowest BCUT2D eigenvalue weighted by Gasteiger charge is -2.34. The van der Waals surface area contributed by atoms with Crippen molar-refractivity contribution in [2.75, 3.05) is 13.1 Å². The number of nitrogens with zero attached hydrogens (tertiary/aromatic N) is 1. The molecule has 2 rings (SSSR count). The fourth-order valence-electron chi connectivity index (χ4n) is 2.56. The topological polar surface area (TPSA) is 75.4 Å². The number of hydrogen-bond donors (Lipinski definition) is 2. The SMILES string of the molecule is NS(=O)(=O)NC1CCN2CCCC2C1. The van der Waals surface area contributed by atoms with Gasteiger partial charge in [-0.3, -0.25) is 0 Å². The first kappa shape index (κ1) is 10.4. The number of rotatable bonds is 2. The van der Waals surface area contributed by atoms with Crippen molar-refractivity contribution >= 4 is 10.2 Å². The Bertz CT molecular complexity index is 304. The van der Waals surface area contributed by atoms with Crippen LogP contribution in [-0.2, 0) is 10.2 Å². The van der Waals surface area contributed by atoms with E-state index in [0.717, 1.165) is 19.4 Å². The van der Waals surface area contributed by atoms with Gasteiger partial charge in [0.2, 0.25) is 0 Å². The Labute approximate surface area is 84.8 Å². The van der Waals surface area contributed by atoms with Gasteiger partial charge < -0.3 is 4.90 Å². The van der Waals surface area contributed by atoms with Crippen LogP contribution >= 0.6 is 0 Å². The van der Waals surface area contributed by atoms with Gasteiger partial charge in [0.25, 0.3) is 10.2 Å². The molecule has 5 nitrogen and oxygen atoms in total. The molecule has 0 aromatic carbocycles. The van der Waals surface area contributed by atoms with Gasteiger partial charge in [0.15, 0.2) is 0 Å². The van der Waals surface area contributed by atoms with E-state index in [0.29, 0.717) is 6.04 Å². The van der Waals surface area contributed by atoms with Crippen LogP contribution in [-0.4, -0.2) is 38.5 Å². The molecule has 0 aromatic rings. The molecule has 14 heavy (non-hydrogen) atoms. The van der Waals surface area contributed by atoms with E-state index in [1.165, 1.54) is 19.4 Å². The summed E-state index contributed by atoms with van der Waals surface area (Å²) >= 11 is 0. The van der Waals surface area contributed by atoms with Crippen LogP contribution in [0.4, 0.5) is 0 Å². The maximum absolute atomic E-state index is 10.8. The second-order valence-electron chi connectivity index (χ2n) is 4.22. The highest BCUT2D eigenvalue weighted by Gasteiger charge is 2.32. The summed E-state index contributed by atoms with van der Waals surface area (Å²) in [5.74, 6) is 0. The highest BCUT2D eigenvalue weighted by molar-refractivity contribution is 7.87. The summed E-state index contributed by atoms with van der Waals surface area (Å²) in [5.41, 5.74) is 0. The van der Waals surface area contributed by atoms with Gasteiger partial charge in [0.1, 0.15) is 0 Å². The molecule has 0 radical (unpaired) electrons. The summed E-state index contributed by atoms with van der Waals surface area (Å²) in [5, 5.41) is 4.95. The van der Waals surface area contributed by atoms with Crippen molar-refractivity contribution in [2.24, 2.45) is 5.14 Å². The minimum Gasteiger partial charge on any atom is -0.300 e. The average Bonchev–Trinajstić information content (AvgIpc) is 2.47. The van der Waals surface area contributed by atoms with Crippen LogP contribution in [0.15, 0.2) is 0 Å². The summed E-state index contributed by atoms with van der Waals surface area (Å²) in [7, 11) is -3.52. The van der Waals surface area contributed by atoms with Gasteiger partial charge in [-0.2, -0.15) is 13.1 Å². The van der Waals surface area contributed by atoms with Gasteiger partial charge in [-0.05, 0) is 38.8 Å². The smallest absolute Gasteiger partial charge is 0.274 e. The molecule has 0 aliphatic carbocycles. The second kappa shape index (κ2) is 3.77. The maximum atomic E-state index is 10.8. The Kier molecular flexibility index (Phi) is 2.79. The Hall–Kier alpha value is -0.170. The number of hydrogen-bond acceptors (Lipinski definition) is 3. The number of piperidine rings is 1. The van der Waals surface area contributed by atoms with E-state index in [9.17, 15) is 8.42 Å². The number of nitrogens with one attached hydrogen (secondary N) is 1. The largest absolute Gasteiger partial charge is 0.300 e. The van der Waals surface area contributed by atoms with E-state index >= 15 is 0 Å². The monoisotopic (exact) mass is 219 g/mol. The molecule has 2 atom stereocenters. The number of nitrogens with two attached hydrogens (primary N) is 1. The van der Waals surface area contributed by atoms with E-state index < -0.39 is 10.2 Å². The molecule has 0 spiro atoms. The zero-order chi connectivity index (χ0) is 10.2. The minimum atomic E-state index is -3.52. The fourth-order valence-corrected chi connectivity index (χ4v) is 3.24. The van der Waals surface area contributed by atoms with E-state index in [1.807, 2.05) is 0 Å². The molecule has 2 aliphatic rings. The average molecular weight is 219 g/mol. The Morgan fingerprint density at radius 3 is 2.79 bits per heavy atom. The highest BCUT2D eigenvalue weighted by atomic mass is 32.2. The molecule has 2 aliphatic heterocycles. The molecule has 2 fully saturated rings. The molecule has 6 heteroatoms. The fraction of sp³-hybridized carbons (Fsp3) is 1.00. The summed E-state index contributed by atoms with van der Waals surface area (Å²) in [6.07, 6.45) is 4.24. The lowest BCUT2D eigenvalue weighted by atomic mass is 9.99. The van der Waals surface area contributed by atoms with Crippen molar-refractivity contribution in [3.63, 3.8) is 0 Å². The van der Waals surface area contributed by atoms with Gasteiger partial charge >= 0.3 is 0 Å². The predicted octanol–water partition coefficient (Wildman–Crippen LogP) is -0.594. The van der Waals surface area contributed by atoms with Crippen LogP contribution < -0.4 is 9.86 Å². The first-order chi connectivity index (χ1) is 6.54. The molecule has 2 unspecified atom stereocenters. The van der Waals surface area contributed by atoms with Crippen LogP contribution in [0, 0.1) is 0 Å². The van der Waals surface area contributed by atoms with Gasteiger partial charge in [0, 0.05) is 12.1 Å². The molecule has 0 amide bonds. The van der Waals surface area contributed by atoms with E-state index in [1.54, 1.807) is 0 Å². The molecule has 82 valence electrons. The van der Waals surface area contributed by atoms with Crippen LogP contribution in [0.1, 0.15) is 25.7 Å². The molecule has 0 saturated carbocycles. The lowest BCUT2D eigenvalue weighted by molar-refractivity contribution is 0.176. The normalized spacial score (nSPS) is 34.4. The molecule has 0 bridgehead atoms. The van der Waals surface area contributed by atoms with E-state index in [2.05, 4.69) is 9.62 Å². The third-order valence-electron chi connectivity index (χ3n) is 3.15. The van der Waals surface area contributed by atoms with E-state index in [4.69, 9.17) is 5.14 Å². The molecule has 3 N–H and O–H groups in total. The highest BCUT2D eigenvalue weighted by Crippen LogP contribution is 2.26. The van der Waals surface area contributed by atoms with Crippen LogP contribution in [0.3, 0.4) is 0 Å². The van der Waals surface area contributed by atoms with Gasteiger partial charge in [-0.25, -0.2) is 5.14 Å². The van der Waals surface area contributed by atoms with Crippen LogP contribution in [0.2, 0.25) is 0 Å². The van der Waals surface area contributed by atoms with Crippen molar-refractivity contribution in [1.82, 2.24) is 9.62 Å². The zero-order valence-corrected chi connectivity index (χ0v) is 8.96. The first-order valence-electron chi connectivity index (χ1n) is 5.09. The summed E-state index contributed by atoms with van der Waals surface area (Å²) in [6.45, 7) is 2.17. The maximum Gasteiger partial charge on any atom is 0.274 e. The summed E-state index contributed by atoms with van der Waals surface area (Å²) < 4.78 is 24.2. The molecular weight excluding hydrogens is 202 g/mol. The zero-order valence-electron chi connectivity index (χ0n) is 8.15. The molecule has 2 saturated heterocycles. The molecule has 2 heterocycles. The standard InChI is InChI=1S/C8H17N3O2S/c9-14(12,13)10-7-3-5-11-4-1-2-8(11)6-7/h7-8,10H,1-6H2,(H2,9,12,13). The predicted molar refractivity (Wildman–Crippen MR) is 53.9 cm³/mol. The Morgan fingerprint density at radius 2 is 2.07 bits per heavy atom. The third kappa shape index (κ3) is 2.44. The second-order valence-corrected chi connectivity index (χ2v) is 5.54. The summed E-state index contributed by atoms with van der Waals surface area (Å²) in [6, 6.07) is 0.618. The molecule has 0 aromatic heterocycles. The quantitative estimate of drug-likeness (QED) is 0.651. The van der Waals surface area contributed by atoms with Gasteiger partial charge in [0.05, 0.1) is 0 Å². The lowest BCUT2D eigenvalue weighted by Crippen LogP contribution is -2.48. The first-order valence-corrected chi connectivity index (χ1v) is 6.63. The third-order valence-corrected chi connectivity index (χ3v) is 3.81.